The zero-order chi connectivity index (χ0) is 14.1. The molecule has 0 saturated carbocycles. The van der Waals surface area contributed by atoms with Crippen molar-refractivity contribution in [2.75, 3.05) is 0 Å². The molecule has 0 N–H and O–H groups in total. The predicted molar refractivity (Wildman–Crippen MR) is 41.5 cm³/mol. The molecule has 0 heterocycles. The standard InChI is InChI=1S/C8H7F7O2/c1-4(17-5(2)16)3-6(9,10)7(11,12)8(13,14)15/h1,3H2,2H3. The van der Waals surface area contributed by atoms with Crippen LogP contribution in [0.25, 0.3) is 0 Å². The van der Waals surface area contributed by atoms with E-state index in [4.69, 9.17) is 0 Å². The summed E-state index contributed by atoms with van der Waals surface area (Å²) in [5, 5.41) is 0. The molecule has 17 heavy (non-hydrogen) atoms. The van der Waals surface area contributed by atoms with Crippen LogP contribution >= 0.6 is 0 Å². The van der Waals surface area contributed by atoms with Crippen LogP contribution in [0.4, 0.5) is 30.7 Å². The van der Waals surface area contributed by atoms with Crippen LogP contribution in [0.1, 0.15) is 13.3 Å². The van der Waals surface area contributed by atoms with Gasteiger partial charge in [0.1, 0.15) is 5.76 Å². The number of carbonyl (C=O) groups is 1. The molecule has 0 fully saturated rings. The Morgan fingerprint density at radius 2 is 1.53 bits per heavy atom. The zero-order valence-electron chi connectivity index (χ0n) is 8.38. The molecule has 0 unspecified atom stereocenters. The first-order valence-corrected chi connectivity index (χ1v) is 4.00. The molecular formula is C8H7F7O2. The van der Waals surface area contributed by atoms with E-state index in [1.54, 1.807) is 0 Å². The quantitative estimate of drug-likeness (QED) is 0.444. The van der Waals surface area contributed by atoms with Crippen LogP contribution in [0.2, 0.25) is 0 Å². The van der Waals surface area contributed by atoms with E-state index in [-0.39, 0.29) is 0 Å². The van der Waals surface area contributed by atoms with Crippen LogP contribution in [0.5, 0.6) is 0 Å². The van der Waals surface area contributed by atoms with Crippen molar-refractivity contribution in [2.24, 2.45) is 0 Å². The van der Waals surface area contributed by atoms with E-state index in [2.05, 4.69) is 11.3 Å². The van der Waals surface area contributed by atoms with E-state index < -0.39 is 36.2 Å². The molecule has 0 aromatic carbocycles. The maximum absolute atomic E-state index is 12.7. The fourth-order valence-corrected chi connectivity index (χ4v) is 0.805. The van der Waals surface area contributed by atoms with Gasteiger partial charge >= 0.3 is 24.0 Å². The highest BCUT2D eigenvalue weighted by Gasteiger charge is 2.72. The molecule has 0 atom stereocenters. The first-order chi connectivity index (χ1) is 7.31. The van der Waals surface area contributed by atoms with Gasteiger partial charge in [-0.3, -0.25) is 4.79 Å². The van der Waals surface area contributed by atoms with Crippen molar-refractivity contribution in [3.63, 3.8) is 0 Å². The van der Waals surface area contributed by atoms with E-state index in [0.717, 1.165) is 6.92 Å². The Kier molecular flexibility index (Phi) is 4.19. The average molecular weight is 268 g/mol. The van der Waals surface area contributed by atoms with Crippen LogP contribution in [0, 0.1) is 0 Å². The lowest BCUT2D eigenvalue weighted by Crippen LogP contribution is -2.52. The van der Waals surface area contributed by atoms with Gasteiger partial charge in [0, 0.05) is 6.92 Å². The Morgan fingerprint density at radius 1 is 1.12 bits per heavy atom. The van der Waals surface area contributed by atoms with Crippen molar-refractivity contribution in [1.82, 2.24) is 0 Å². The highest BCUT2D eigenvalue weighted by atomic mass is 19.4. The predicted octanol–water partition coefficient (Wildman–Crippen LogP) is 3.29. The molecular weight excluding hydrogens is 261 g/mol. The molecule has 0 amide bonds. The minimum Gasteiger partial charge on any atom is -0.432 e. The van der Waals surface area contributed by atoms with Gasteiger partial charge in [0.05, 0.1) is 6.42 Å². The first-order valence-electron chi connectivity index (χ1n) is 4.00. The molecule has 0 spiro atoms. The molecule has 0 bridgehead atoms. The highest BCUT2D eigenvalue weighted by Crippen LogP contribution is 2.48. The number of hydrogen-bond donors (Lipinski definition) is 0. The normalized spacial score (nSPS) is 13.4. The summed E-state index contributed by atoms with van der Waals surface area (Å²) < 4.78 is 89.0. The molecule has 9 heteroatoms. The Labute approximate surface area is 91.0 Å². The van der Waals surface area contributed by atoms with Gasteiger partial charge in [-0.2, -0.15) is 30.7 Å². The second-order valence-corrected chi connectivity index (χ2v) is 3.09. The van der Waals surface area contributed by atoms with Gasteiger partial charge in [0.2, 0.25) is 0 Å². The van der Waals surface area contributed by atoms with E-state index in [9.17, 15) is 35.5 Å². The molecule has 0 saturated heterocycles. The molecule has 100 valence electrons. The fraction of sp³-hybridized carbons (Fsp3) is 0.625. The lowest BCUT2D eigenvalue weighted by atomic mass is 10.1. The van der Waals surface area contributed by atoms with Crippen LogP contribution in [-0.2, 0) is 9.53 Å². The molecule has 0 radical (unpaired) electrons. The lowest BCUT2D eigenvalue weighted by Gasteiger charge is -2.28. The summed E-state index contributed by atoms with van der Waals surface area (Å²) in [6.07, 6.45) is -8.52. The second-order valence-electron chi connectivity index (χ2n) is 3.09. The molecule has 0 aliphatic carbocycles. The number of rotatable bonds is 4. The lowest BCUT2D eigenvalue weighted by molar-refractivity contribution is -0.354. The topological polar surface area (TPSA) is 26.3 Å². The van der Waals surface area contributed by atoms with Crippen molar-refractivity contribution in [2.45, 2.75) is 31.4 Å². The summed E-state index contributed by atoms with van der Waals surface area (Å²) in [4.78, 5) is 10.2. The smallest absolute Gasteiger partial charge is 0.432 e. The number of hydrogen-bond acceptors (Lipinski definition) is 2. The van der Waals surface area contributed by atoms with Crippen molar-refractivity contribution >= 4 is 5.97 Å². The van der Waals surface area contributed by atoms with Gasteiger partial charge in [-0.15, -0.1) is 0 Å². The second kappa shape index (κ2) is 4.53. The minimum atomic E-state index is -6.41. The summed E-state index contributed by atoms with van der Waals surface area (Å²) in [7, 11) is 0. The van der Waals surface area contributed by atoms with E-state index >= 15 is 0 Å². The van der Waals surface area contributed by atoms with Crippen molar-refractivity contribution in [3.05, 3.63) is 12.3 Å². The Balaban J connectivity index is 4.91. The first kappa shape index (κ1) is 15.7. The van der Waals surface area contributed by atoms with E-state index in [0.29, 0.717) is 0 Å². The average Bonchev–Trinajstić information content (AvgIpc) is 1.97. The van der Waals surface area contributed by atoms with Gasteiger partial charge in [-0.1, -0.05) is 6.58 Å². The van der Waals surface area contributed by atoms with E-state index in [1.165, 1.54) is 0 Å². The summed E-state index contributed by atoms with van der Waals surface area (Å²) >= 11 is 0. The molecule has 2 nitrogen and oxygen atoms in total. The van der Waals surface area contributed by atoms with Crippen molar-refractivity contribution in [3.8, 4) is 0 Å². The summed E-state index contributed by atoms with van der Waals surface area (Å²) in [5.41, 5.74) is 0. The van der Waals surface area contributed by atoms with Gasteiger partial charge in [-0.05, 0) is 0 Å². The number of allylic oxidation sites excluding steroid dienone is 1. The summed E-state index contributed by atoms with van der Waals surface area (Å²) in [5.74, 6) is -14.0. The van der Waals surface area contributed by atoms with Crippen LogP contribution < -0.4 is 0 Å². The molecule has 0 aliphatic rings. The Hall–Kier alpha value is -1.28. The molecule has 0 aliphatic heterocycles. The molecule has 0 aromatic rings. The van der Waals surface area contributed by atoms with Gasteiger partial charge < -0.3 is 4.74 Å². The van der Waals surface area contributed by atoms with E-state index in [1.807, 2.05) is 0 Å². The molecule has 0 rings (SSSR count). The fourth-order valence-electron chi connectivity index (χ4n) is 0.805. The number of esters is 1. The Morgan fingerprint density at radius 3 is 1.82 bits per heavy atom. The zero-order valence-corrected chi connectivity index (χ0v) is 8.38. The largest absolute Gasteiger partial charge is 0.459 e. The van der Waals surface area contributed by atoms with Crippen molar-refractivity contribution in [1.29, 1.82) is 0 Å². The van der Waals surface area contributed by atoms with Crippen molar-refractivity contribution < 1.29 is 40.3 Å². The Bertz CT molecular complexity index is 318. The third-order valence-corrected chi connectivity index (χ3v) is 1.52. The minimum absolute atomic E-state index is 0.755. The summed E-state index contributed by atoms with van der Waals surface area (Å²) in [6, 6.07) is 0. The SMILES string of the molecule is C=C(CC(F)(F)C(F)(F)C(F)(F)F)OC(C)=O. The van der Waals surface area contributed by atoms with Crippen LogP contribution in [-0.4, -0.2) is 24.0 Å². The monoisotopic (exact) mass is 268 g/mol. The summed E-state index contributed by atoms with van der Waals surface area (Å²) in [6.45, 7) is 3.41. The maximum atomic E-state index is 12.7. The van der Waals surface area contributed by atoms with Gasteiger partial charge in [0.25, 0.3) is 0 Å². The third-order valence-electron chi connectivity index (χ3n) is 1.52. The van der Waals surface area contributed by atoms with Crippen LogP contribution in [0.15, 0.2) is 12.3 Å². The maximum Gasteiger partial charge on any atom is 0.459 e. The molecule has 0 aromatic heterocycles. The number of ether oxygens (including phenoxy) is 1. The van der Waals surface area contributed by atoms with Crippen LogP contribution in [0.3, 0.4) is 0 Å². The third kappa shape index (κ3) is 3.60. The van der Waals surface area contributed by atoms with Gasteiger partial charge in [-0.25, -0.2) is 0 Å². The number of halogens is 7. The van der Waals surface area contributed by atoms with Gasteiger partial charge in [0.15, 0.2) is 0 Å². The highest BCUT2D eigenvalue weighted by molar-refractivity contribution is 5.67. The number of carbonyl (C=O) groups excluding carboxylic acids is 1. The number of alkyl halides is 7.